The molecule has 0 fully saturated rings. The molecular formula is C25H25FN2O2. The van der Waals surface area contributed by atoms with Crippen molar-refractivity contribution in [2.45, 2.75) is 32.5 Å². The maximum Gasteiger partial charge on any atom is 0.242 e. The molecule has 0 saturated carbocycles. The van der Waals surface area contributed by atoms with Crippen molar-refractivity contribution in [1.29, 1.82) is 0 Å². The van der Waals surface area contributed by atoms with E-state index in [1.807, 2.05) is 60.7 Å². The molecule has 1 N–H and O–H groups in total. The molecule has 0 unspecified atom stereocenters. The van der Waals surface area contributed by atoms with Crippen LogP contribution in [-0.4, -0.2) is 22.8 Å². The minimum atomic E-state index is -0.671. The van der Waals surface area contributed by atoms with Gasteiger partial charge in [-0.25, -0.2) is 4.39 Å². The van der Waals surface area contributed by atoms with Crippen LogP contribution in [0.4, 0.5) is 4.39 Å². The number of benzene rings is 3. The monoisotopic (exact) mass is 404 g/mol. The van der Waals surface area contributed by atoms with Gasteiger partial charge in [0.1, 0.15) is 11.9 Å². The molecule has 0 heterocycles. The Kier molecular flexibility index (Phi) is 7.33. The van der Waals surface area contributed by atoms with Gasteiger partial charge >= 0.3 is 0 Å². The molecule has 154 valence electrons. The highest BCUT2D eigenvalue weighted by molar-refractivity contribution is 5.88. The zero-order valence-electron chi connectivity index (χ0n) is 16.9. The molecule has 1 atom stereocenters. The van der Waals surface area contributed by atoms with Crippen molar-refractivity contribution in [2.24, 2.45) is 0 Å². The fourth-order valence-electron chi connectivity index (χ4n) is 3.17. The first-order valence-corrected chi connectivity index (χ1v) is 9.92. The molecule has 0 radical (unpaired) electrons. The van der Waals surface area contributed by atoms with Gasteiger partial charge in [-0.3, -0.25) is 9.59 Å². The average Bonchev–Trinajstić information content (AvgIpc) is 2.78. The SMILES string of the molecule is C[C@H](C(=O)NCc1ccccc1)N(Cc1ccc(F)cc1)C(=O)Cc1ccccc1. The molecule has 0 aliphatic rings. The van der Waals surface area contributed by atoms with E-state index in [1.54, 1.807) is 24.0 Å². The second kappa shape index (κ2) is 10.3. The Morgan fingerprint density at radius 2 is 1.40 bits per heavy atom. The third-order valence-corrected chi connectivity index (χ3v) is 4.94. The summed E-state index contributed by atoms with van der Waals surface area (Å²) in [6.07, 6.45) is 0.193. The Labute approximate surface area is 176 Å². The highest BCUT2D eigenvalue weighted by Gasteiger charge is 2.26. The second-order valence-electron chi connectivity index (χ2n) is 7.19. The van der Waals surface area contributed by atoms with Crippen LogP contribution in [0.1, 0.15) is 23.6 Å². The molecule has 3 rings (SSSR count). The molecule has 0 aliphatic carbocycles. The molecule has 4 nitrogen and oxygen atoms in total. The molecule has 0 spiro atoms. The third-order valence-electron chi connectivity index (χ3n) is 4.94. The Hall–Kier alpha value is -3.47. The number of carbonyl (C=O) groups is 2. The van der Waals surface area contributed by atoms with E-state index in [0.29, 0.717) is 6.54 Å². The van der Waals surface area contributed by atoms with E-state index >= 15 is 0 Å². The Balaban J connectivity index is 1.73. The van der Waals surface area contributed by atoms with E-state index in [2.05, 4.69) is 5.32 Å². The minimum absolute atomic E-state index is 0.159. The van der Waals surface area contributed by atoms with E-state index < -0.39 is 6.04 Å². The summed E-state index contributed by atoms with van der Waals surface area (Å²) < 4.78 is 13.3. The van der Waals surface area contributed by atoms with Crippen LogP contribution in [0.3, 0.4) is 0 Å². The summed E-state index contributed by atoms with van der Waals surface area (Å²) in [6.45, 7) is 2.33. The number of amides is 2. The zero-order valence-corrected chi connectivity index (χ0v) is 16.9. The van der Waals surface area contributed by atoms with Gasteiger partial charge in [-0.2, -0.15) is 0 Å². The number of nitrogens with one attached hydrogen (secondary N) is 1. The molecule has 0 aromatic heterocycles. The summed E-state index contributed by atoms with van der Waals surface area (Å²) in [7, 11) is 0. The predicted molar refractivity (Wildman–Crippen MR) is 115 cm³/mol. The quantitative estimate of drug-likeness (QED) is 0.615. The first-order chi connectivity index (χ1) is 14.5. The molecule has 30 heavy (non-hydrogen) atoms. The number of halogens is 1. The Morgan fingerprint density at radius 3 is 2.00 bits per heavy atom. The van der Waals surface area contributed by atoms with Crippen LogP contribution in [0.25, 0.3) is 0 Å². The van der Waals surface area contributed by atoms with Crippen LogP contribution < -0.4 is 5.32 Å². The van der Waals surface area contributed by atoms with Gasteiger partial charge in [0.15, 0.2) is 0 Å². The van der Waals surface area contributed by atoms with E-state index in [0.717, 1.165) is 16.7 Å². The molecule has 3 aromatic rings. The zero-order chi connectivity index (χ0) is 21.3. The van der Waals surface area contributed by atoms with Gasteiger partial charge in [0, 0.05) is 13.1 Å². The van der Waals surface area contributed by atoms with E-state index in [1.165, 1.54) is 12.1 Å². The summed E-state index contributed by atoms with van der Waals surface area (Å²) in [5.41, 5.74) is 2.63. The van der Waals surface area contributed by atoms with Crippen molar-refractivity contribution in [2.75, 3.05) is 0 Å². The van der Waals surface area contributed by atoms with Gasteiger partial charge in [-0.1, -0.05) is 72.8 Å². The largest absolute Gasteiger partial charge is 0.350 e. The van der Waals surface area contributed by atoms with E-state index in [-0.39, 0.29) is 30.6 Å². The number of nitrogens with zero attached hydrogens (tertiary/aromatic N) is 1. The highest BCUT2D eigenvalue weighted by Crippen LogP contribution is 2.13. The maximum atomic E-state index is 13.3. The summed E-state index contributed by atoms with van der Waals surface area (Å²) in [6, 6.07) is 24.3. The molecule has 5 heteroatoms. The first-order valence-electron chi connectivity index (χ1n) is 9.92. The van der Waals surface area contributed by atoms with E-state index in [4.69, 9.17) is 0 Å². The lowest BCUT2D eigenvalue weighted by atomic mass is 10.1. The number of hydrogen-bond donors (Lipinski definition) is 1. The fourth-order valence-corrected chi connectivity index (χ4v) is 3.17. The van der Waals surface area contributed by atoms with Gasteiger partial charge in [0.05, 0.1) is 6.42 Å². The van der Waals surface area contributed by atoms with Gasteiger partial charge in [-0.15, -0.1) is 0 Å². The summed E-state index contributed by atoms with van der Waals surface area (Å²) >= 11 is 0. The molecule has 2 amide bonds. The topological polar surface area (TPSA) is 49.4 Å². The van der Waals surface area contributed by atoms with Crippen LogP contribution in [0, 0.1) is 5.82 Å². The first kappa shape index (κ1) is 21.2. The normalized spacial score (nSPS) is 11.5. The molecular weight excluding hydrogens is 379 g/mol. The molecule has 3 aromatic carbocycles. The van der Waals surface area contributed by atoms with Crippen LogP contribution >= 0.6 is 0 Å². The maximum absolute atomic E-state index is 13.3. The number of hydrogen-bond acceptors (Lipinski definition) is 2. The fraction of sp³-hybridized carbons (Fsp3) is 0.200. The van der Waals surface area contributed by atoms with Gasteiger partial charge in [0.25, 0.3) is 0 Å². The standard InChI is InChI=1S/C25H25FN2O2/c1-19(25(30)27-17-21-10-6-3-7-11-21)28(18-22-12-14-23(26)15-13-22)24(29)16-20-8-4-2-5-9-20/h2-15,19H,16-18H2,1H3,(H,27,30)/t19-/m1/s1. The second-order valence-corrected chi connectivity index (χ2v) is 7.19. The lowest BCUT2D eigenvalue weighted by Crippen LogP contribution is -2.47. The number of rotatable bonds is 8. The Bertz CT molecular complexity index is 959. The van der Waals surface area contributed by atoms with Crippen molar-refractivity contribution in [3.8, 4) is 0 Å². The van der Waals surface area contributed by atoms with Crippen molar-refractivity contribution in [3.63, 3.8) is 0 Å². The van der Waals surface area contributed by atoms with Gasteiger partial charge in [0.2, 0.25) is 11.8 Å². The van der Waals surface area contributed by atoms with Crippen LogP contribution in [0.15, 0.2) is 84.9 Å². The Morgan fingerprint density at radius 1 is 0.833 bits per heavy atom. The summed E-state index contributed by atoms with van der Waals surface area (Å²) in [5.74, 6) is -0.732. The van der Waals surface area contributed by atoms with Crippen LogP contribution in [0.2, 0.25) is 0 Å². The van der Waals surface area contributed by atoms with Crippen molar-refractivity contribution in [3.05, 3.63) is 107 Å². The van der Waals surface area contributed by atoms with Crippen molar-refractivity contribution in [1.82, 2.24) is 10.2 Å². The van der Waals surface area contributed by atoms with E-state index in [9.17, 15) is 14.0 Å². The lowest BCUT2D eigenvalue weighted by Gasteiger charge is -2.29. The minimum Gasteiger partial charge on any atom is -0.350 e. The highest BCUT2D eigenvalue weighted by atomic mass is 19.1. The summed E-state index contributed by atoms with van der Waals surface area (Å²) in [4.78, 5) is 27.4. The average molecular weight is 404 g/mol. The molecule has 0 bridgehead atoms. The summed E-state index contributed by atoms with van der Waals surface area (Å²) in [5, 5.41) is 2.90. The van der Waals surface area contributed by atoms with Crippen molar-refractivity contribution >= 4 is 11.8 Å². The lowest BCUT2D eigenvalue weighted by molar-refractivity contribution is -0.140. The van der Waals surface area contributed by atoms with Gasteiger partial charge in [-0.05, 0) is 35.7 Å². The van der Waals surface area contributed by atoms with Crippen molar-refractivity contribution < 1.29 is 14.0 Å². The van der Waals surface area contributed by atoms with Gasteiger partial charge < -0.3 is 10.2 Å². The smallest absolute Gasteiger partial charge is 0.242 e. The predicted octanol–water partition coefficient (Wildman–Crippen LogP) is 4.10. The third kappa shape index (κ3) is 6.01. The molecule has 0 saturated heterocycles. The number of carbonyl (C=O) groups excluding carboxylic acids is 2. The molecule has 0 aliphatic heterocycles. The van der Waals surface area contributed by atoms with Crippen LogP contribution in [-0.2, 0) is 29.1 Å². The van der Waals surface area contributed by atoms with Crippen LogP contribution in [0.5, 0.6) is 0 Å².